The van der Waals surface area contributed by atoms with E-state index in [2.05, 4.69) is 33.1 Å². The first-order chi connectivity index (χ1) is 8.25. The van der Waals surface area contributed by atoms with Crippen molar-refractivity contribution in [1.82, 2.24) is 10.2 Å². The fourth-order valence-corrected chi connectivity index (χ4v) is 2.61. The van der Waals surface area contributed by atoms with Gasteiger partial charge in [0.1, 0.15) is 5.76 Å². The fourth-order valence-electron chi connectivity index (χ4n) is 2.29. The number of halogens is 1. The molecule has 17 heavy (non-hydrogen) atoms. The average Bonchev–Trinajstić information content (AvgIpc) is 2.95. The van der Waals surface area contributed by atoms with Crippen molar-refractivity contribution in [2.75, 3.05) is 26.2 Å². The number of hydrogen-bond acceptors (Lipinski definition) is 3. The Labute approximate surface area is 112 Å². The summed E-state index contributed by atoms with van der Waals surface area (Å²) in [6.07, 6.45) is 3.97. The molecule has 0 aromatic carbocycles. The smallest absolute Gasteiger partial charge is 0.169 e. The number of nitrogens with zero attached hydrogens (tertiary/aromatic N) is 1. The van der Waals surface area contributed by atoms with Gasteiger partial charge in [0.15, 0.2) is 4.67 Å². The summed E-state index contributed by atoms with van der Waals surface area (Å²) in [5.41, 5.74) is 0. The summed E-state index contributed by atoms with van der Waals surface area (Å²) in [5, 5.41) is 3.49. The quantitative estimate of drug-likeness (QED) is 0.818. The Bertz CT molecular complexity index is 334. The lowest BCUT2D eigenvalue weighted by atomic mass is 10.2. The lowest BCUT2D eigenvalue weighted by Crippen LogP contribution is -2.26. The molecule has 2 rings (SSSR count). The molecule has 0 amide bonds. The Morgan fingerprint density at radius 2 is 2.18 bits per heavy atom. The molecular weight excluding hydrogens is 280 g/mol. The standard InChI is InChI=1S/C13H21BrN2O/c1-11(12-5-6-13(14)17-12)15-7-4-10-16-8-2-3-9-16/h5-6,11,15H,2-4,7-10H2,1H3. The second-order valence-electron chi connectivity index (χ2n) is 4.72. The highest BCUT2D eigenvalue weighted by Gasteiger charge is 2.11. The van der Waals surface area contributed by atoms with Crippen molar-refractivity contribution in [2.24, 2.45) is 0 Å². The van der Waals surface area contributed by atoms with Crippen LogP contribution in [0.25, 0.3) is 0 Å². The summed E-state index contributed by atoms with van der Waals surface area (Å²) in [7, 11) is 0. The maximum atomic E-state index is 5.52. The number of likely N-dealkylation sites (tertiary alicyclic amines) is 1. The van der Waals surface area contributed by atoms with Crippen molar-refractivity contribution in [2.45, 2.75) is 32.2 Å². The molecule has 0 aliphatic carbocycles. The minimum atomic E-state index is 0.292. The summed E-state index contributed by atoms with van der Waals surface area (Å²) in [6, 6.07) is 4.25. The highest BCUT2D eigenvalue weighted by atomic mass is 79.9. The topological polar surface area (TPSA) is 28.4 Å². The third kappa shape index (κ3) is 4.12. The van der Waals surface area contributed by atoms with Gasteiger partial charge in [-0.1, -0.05) is 0 Å². The molecule has 1 atom stereocenters. The van der Waals surface area contributed by atoms with E-state index >= 15 is 0 Å². The fraction of sp³-hybridized carbons (Fsp3) is 0.692. The van der Waals surface area contributed by atoms with E-state index in [9.17, 15) is 0 Å². The maximum Gasteiger partial charge on any atom is 0.169 e. The summed E-state index contributed by atoms with van der Waals surface area (Å²) >= 11 is 3.33. The lowest BCUT2D eigenvalue weighted by Gasteiger charge is -2.16. The van der Waals surface area contributed by atoms with Crippen LogP contribution in [-0.4, -0.2) is 31.1 Å². The number of rotatable bonds is 6. The Morgan fingerprint density at radius 3 is 2.82 bits per heavy atom. The van der Waals surface area contributed by atoms with Gasteiger partial charge < -0.3 is 14.6 Å². The zero-order valence-corrected chi connectivity index (χ0v) is 12.0. The first-order valence-corrected chi connectivity index (χ1v) is 7.26. The van der Waals surface area contributed by atoms with Crippen molar-refractivity contribution in [3.8, 4) is 0 Å². The third-order valence-corrected chi connectivity index (χ3v) is 3.75. The highest BCUT2D eigenvalue weighted by Crippen LogP contribution is 2.19. The molecule has 1 aromatic rings. The van der Waals surface area contributed by atoms with E-state index in [1.807, 2.05) is 12.1 Å². The van der Waals surface area contributed by atoms with Gasteiger partial charge in [-0.3, -0.25) is 0 Å². The van der Waals surface area contributed by atoms with Gasteiger partial charge in [0.2, 0.25) is 0 Å². The second kappa shape index (κ2) is 6.57. The van der Waals surface area contributed by atoms with Gasteiger partial charge in [0, 0.05) is 0 Å². The minimum Gasteiger partial charge on any atom is -0.453 e. The van der Waals surface area contributed by atoms with Crippen LogP contribution in [0.4, 0.5) is 0 Å². The third-order valence-electron chi connectivity index (χ3n) is 3.32. The Kier molecular flexibility index (Phi) is 5.07. The molecule has 4 heteroatoms. The Hall–Kier alpha value is -0.320. The SMILES string of the molecule is CC(NCCCN1CCCC1)c1ccc(Br)o1. The van der Waals surface area contributed by atoms with Crippen molar-refractivity contribution < 1.29 is 4.42 Å². The van der Waals surface area contributed by atoms with Crippen LogP contribution in [-0.2, 0) is 0 Å². The molecule has 1 unspecified atom stereocenters. The average molecular weight is 301 g/mol. The van der Waals surface area contributed by atoms with Crippen molar-refractivity contribution in [3.05, 3.63) is 22.6 Å². The zero-order valence-electron chi connectivity index (χ0n) is 10.4. The summed E-state index contributed by atoms with van der Waals surface area (Å²) in [4.78, 5) is 2.55. The van der Waals surface area contributed by atoms with Gasteiger partial charge in [0.05, 0.1) is 6.04 Å². The van der Waals surface area contributed by atoms with Gasteiger partial charge >= 0.3 is 0 Å². The molecule has 1 aromatic heterocycles. The van der Waals surface area contributed by atoms with Gasteiger partial charge in [-0.05, 0) is 80.4 Å². The Morgan fingerprint density at radius 1 is 1.41 bits per heavy atom. The van der Waals surface area contributed by atoms with E-state index in [1.54, 1.807) is 0 Å². The van der Waals surface area contributed by atoms with Crippen LogP contribution in [0.15, 0.2) is 21.2 Å². The van der Waals surface area contributed by atoms with Crippen molar-refractivity contribution >= 4 is 15.9 Å². The van der Waals surface area contributed by atoms with Crippen LogP contribution in [0.2, 0.25) is 0 Å². The monoisotopic (exact) mass is 300 g/mol. The normalized spacial score (nSPS) is 18.7. The second-order valence-corrected chi connectivity index (χ2v) is 5.50. The molecule has 0 spiro atoms. The maximum absolute atomic E-state index is 5.52. The number of nitrogens with one attached hydrogen (secondary N) is 1. The first-order valence-electron chi connectivity index (χ1n) is 6.46. The predicted molar refractivity (Wildman–Crippen MR) is 73.1 cm³/mol. The number of furan rings is 1. The Balaban J connectivity index is 1.61. The first kappa shape index (κ1) is 13.1. The van der Waals surface area contributed by atoms with E-state index in [4.69, 9.17) is 4.42 Å². The van der Waals surface area contributed by atoms with Gasteiger partial charge in [-0.2, -0.15) is 0 Å². The van der Waals surface area contributed by atoms with E-state index in [1.165, 1.54) is 38.9 Å². The molecule has 1 N–H and O–H groups in total. The molecule has 0 saturated carbocycles. The molecule has 3 nitrogen and oxygen atoms in total. The number of hydrogen-bond donors (Lipinski definition) is 1. The minimum absolute atomic E-state index is 0.292. The molecule has 1 aliphatic heterocycles. The molecule has 0 radical (unpaired) electrons. The van der Waals surface area contributed by atoms with Crippen LogP contribution in [0.5, 0.6) is 0 Å². The molecular formula is C13H21BrN2O. The zero-order chi connectivity index (χ0) is 12.1. The van der Waals surface area contributed by atoms with Gasteiger partial charge in [0.25, 0.3) is 0 Å². The van der Waals surface area contributed by atoms with Crippen LogP contribution in [0, 0.1) is 0 Å². The van der Waals surface area contributed by atoms with E-state index in [0.29, 0.717) is 6.04 Å². The van der Waals surface area contributed by atoms with E-state index < -0.39 is 0 Å². The predicted octanol–water partition coefficient (Wildman–Crippen LogP) is 3.18. The van der Waals surface area contributed by atoms with E-state index in [-0.39, 0.29) is 0 Å². The molecule has 0 bridgehead atoms. The molecule has 1 fully saturated rings. The van der Waals surface area contributed by atoms with Crippen LogP contribution in [0.1, 0.15) is 38.0 Å². The van der Waals surface area contributed by atoms with Crippen LogP contribution >= 0.6 is 15.9 Å². The van der Waals surface area contributed by atoms with Gasteiger partial charge in [-0.15, -0.1) is 0 Å². The van der Waals surface area contributed by atoms with Gasteiger partial charge in [-0.25, -0.2) is 0 Å². The molecule has 96 valence electrons. The molecule has 2 heterocycles. The van der Waals surface area contributed by atoms with Crippen LogP contribution in [0.3, 0.4) is 0 Å². The van der Waals surface area contributed by atoms with Crippen molar-refractivity contribution in [3.63, 3.8) is 0 Å². The summed E-state index contributed by atoms with van der Waals surface area (Å²) in [6.45, 7) is 7.00. The van der Waals surface area contributed by atoms with E-state index in [0.717, 1.165) is 17.0 Å². The summed E-state index contributed by atoms with van der Waals surface area (Å²) in [5.74, 6) is 0.998. The van der Waals surface area contributed by atoms with Crippen LogP contribution < -0.4 is 5.32 Å². The molecule has 1 saturated heterocycles. The van der Waals surface area contributed by atoms with Crippen molar-refractivity contribution in [1.29, 1.82) is 0 Å². The molecule has 1 aliphatic rings. The highest BCUT2D eigenvalue weighted by molar-refractivity contribution is 9.10. The lowest BCUT2D eigenvalue weighted by molar-refractivity contribution is 0.325. The largest absolute Gasteiger partial charge is 0.453 e. The summed E-state index contributed by atoms with van der Waals surface area (Å²) < 4.78 is 6.32.